The highest BCUT2D eigenvalue weighted by atomic mass is 16.5. The highest BCUT2D eigenvalue weighted by Crippen LogP contribution is 2.14. The minimum atomic E-state index is -0.0551. The molecule has 0 radical (unpaired) electrons. The van der Waals surface area contributed by atoms with Gasteiger partial charge in [0.05, 0.1) is 12.1 Å². The molecule has 0 aromatic carbocycles. The van der Waals surface area contributed by atoms with Gasteiger partial charge in [-0.1, -0.05) is 5.16 Å². The summed E-state index contributed by atoms with van der Waals surface area (Å²) in [6, 6.07) is -0.0551. The summed E-state index contributed by atoms with van der Waals surface area (Å²) in [5.74, 6) is 0.244. The van der Waals surface area contributed by atoms with Crippen molar-refractivity contribution in [2.45, 2.75) is 38.3 Å². The largest absolute Gasteiger partial charge is 0.409 e. The van der Waals surface area contributed by atoms with Gasteiger partial charge in [0.15, 0.2) is 5.84 Å². The van der Waals surface area contributed by atoms with Gasteiger partial charge in [-0.05, 0) is 33.2 Å². The number of nitrogens with two attached hydrogens (primary N) is 1. The van der Waals surface area contributed by atoms with Crippen LogP contribution < -0.4 is 5.73 Å². The maximum absolute atomic E-state index is 8.56. The fourth-order valence-electron chi connectivity index (χ4n) is 1.74. The SMILES string of the molecule is CC(C(N)=NO)N(C)CC1CCCCO1. The van der Waals surface area contributed by atoms with Crippen molar-refractivity contribution in [3.63, 3.8) is 0 Å². The Morgan fingerprint density at radius 3 is 2.93 bits per heavy atom. The lowest BCUT2D eigenvalue weighted by Gasteiger charge is -2.30. The molecular weight excluding hydrogens is 194 g/mol. The molecule has 0 aromatic rings. The van der Waals surface area contributed by atoms with E-state index in [0.29, 0.717) is 0 Å². The standard InChI is InChI=1S/C10H21N3O2/c1-8(10(11)12-14)13(2)7-9-5-3-4-6-15-9/h8-9,14H,3-7H2,1-2H3,(H2,11,12). The first-order valence-corrected chi connectivity index (χ1v) is 5.44. The van der Waals surface area contributed by atoms with Crippen molar-refractivity contribution in [2.24, 2.45) is 10.9 Å². The molecule has 5 nitrogen and oxygen atoms in total. The molecule has 2 unspecified atom stereocenters. The number of hydrogen-bond acceptors (Lipinski definition) is 4. The van der Waals surface area contributed by atoms with Crippen molar-refractivity contribution >= 4 is 5.84 Å². The quantitative estimate of drug-likeness (QED) is 0.312. The van der Waals surface area contributed by atoms with E-state index < -0.39 is 0 Å². The van der Waals surface area contributed by atoms with Crippen molar-refractivity contribution in [1.29, 1.82) is 0 Å². The fraction of sp³-hybridized carbons (Fsp3) is 0.900. The Labute approximate surface area is 90.9 Å². The number of hydrogen-bond donors (Lipinski definition) is 2. The predicted octanol–water partition coefficient (Wildman–Crippen LogP) is 0.622. The molecule has 1 saturated heterocycles. The zero-order valence-electron chi connectivity index (χ0n) is 9.52. The van der Waals surface area contributed by atoms with E-state index in [1.807, 2.05) is 18.9 Å². The van der Waals surface area contributed by atoms with Crippen LogP contribution in [0.25, 0.3) is 0 Å². The Kier molecular flexibility index (Phi) is 4.84. The van der Waals surface area contributed by atoms with Gasteiger partial charge in [0.25, 0.3) is 0 Å². The second-order valence-electron chi connectivity index (χ2n) is 4.13. The summed E-state index contributed by atoms with van der Waals surface area (Å²) in [7, 11) is 1.96. The van der Waals surface area contributed by atoms with Crippen LogP contribution in [-0.4, -0.2) is 48.3 Å². The van der Waals surface area contributed by atoms with Crippen LogP contribution in [0, 0.1) is 0 Å². The van der Waals surface area contributed by atoms with Gasteiger partial charge >= 0.3 is 0 Å². The lowest BCUT2D eigenvalue weighted by Crippen LogP contribution is -2.44. The van der Waals surface area contributed by atoms with E-state index in [1.54, 1.807) is 0 Å². The number of nitrogens with zero attached hydrogens (tertiary/aromatic N) is 2. The van der Waals surface area contributed by atoms with Crippen LogP contribution in [0.5, 0.6) is 0 Å². The first kappa shape index (κ1) is 12.3. The van der Waals surface area contributed by atoms with Gasteiger partial charge < -0.3 is 15.7 Å². The molecule has 1 aliphatic rings. The molecule has 88 valence electrons. The molecule has 0 amide bonds. The molecule has 0 bridgehead atoms. The summed E-state index contributed by atoms with van der Waals surface area (Å²) in [6.45, 7) is 3.60. The molecule has 3 N–H and O–H groups in total. The van der Waals surface area contributed by atoms with E-state index in [9.17, 15) is 0 Å². The van der Waals surface area contributed by atoms with Gasteiger partial charge in [0, 0.05) is 13.2 Å². The number of ether oxygens (including phenoxy) is 1. The summed E-state index contributed by atoms with van der Waals surface area (Å²) in [4.78, 5) is 2.05. The maximum atomic E-state index is 8.56. The Hall–Kier alpha value is -0.810. The summed E-state index contributed by atoms with van der Waals surface area (Å²) in [5, 5.41) is 11.6. The van der Waals surface area contributed by atoms with Crippen LogP contribution >= 0.6 is 0 Å². The molecule has 5 heteroatoms. The van der Waals surface area contributed by atoms with E-state index in [1.165, 1.54) is 6.42 Å². The topological polar surface area (TPSA) is 71.1 Å². The molecule has 0 aliphatic carbocycles. The van der Waals surface area contributed by atoms with E-state index in [0.717, 1.165) is 26.0 Å². The van der Waals surface area contributed by atoms with Crippen molar-refractivity contribution in [3.8, 4) is 0 Å². The normalized spacial score (nSPS) is 25.5. The Balaban J connectivity index is 2.36. The third-order valence-electron chi connectivity index (χ3n) is 2.97. The van der Waals surface area contributed by atoms with Gasteiger partial charge in [0.2, 0.25) is 0 Å². The van der Waals surface area contributed by atoms with Crippen LogP contribution in [0.15, 0.2) is 5.16 Å². The Morgan fingerprint density at radius 2 is 2.40 bits per heavy atom. The van der Waals surface area contributed by atoms with Crippen molar-refractivity contribution in [2.75, 3.05) is 20.2 Å². The molecule has 2 atom stereocenters. The highest BCUT2D eigenvalue weighted by molar-refractivity contribution is 5.84. The summed E-state index contributed by atoms with van der Waals surface area (Å²) in [5.41, 5.74) is 5.54. The fourth-order valence-corrected chi connectivity index (χ4v) is 1.74. The van der Waals surface area contributed by atoms with Crippen LogP contribution in [-0.2, 0) is 4.74 Å². The zero-order chi connectivity index (χ0) is 11.3. The lowest BCUT2D eigenvalue weighted by atomic mass is 10.1. The molecule has 1 aliphatic heterocycles. The van der Waals surface area contributed by atoms with Gasteiger partial charge in [0.1, 0.15) is 0 Å². The molecule has 1 heterocycles. The van der Waals surface area contributed by atoms with Gasteiger partial charge in [-0.3, -0.25) is 4.90 Å². The van der Waals surface area contributed by atoms with Crippen LogP contribution in [0.4, 0.5) is 0 Å². The zero-order valence-corrected chi connectivity index (χ0v) is 9.52. The molecule has 1 fully saturated rings. The third kappa shape index (κ3) is 3.68. The molecule has 0 saturated carbocycles. The van der Waals surface area contributed by atoms with E-state index >= 15 is 0 Å². The van der Waals surface area contributed by atoms with Crippen LogP contribution in [0.1, 0.15) is 26.2 Å². The van der Waals surface area contributed by atoms with Crippen molar-refractivity contribution in [1.82, 2.24) is 4.90 Å². The van der Waals surface area contributed by atoms with Crippen LogP contribution in [0.2, 0.25) is 0 Å². The number of rotatable bonds is 4. The summed E-state index contributed by atoms with van der Waals surface area (Å²) >= 11 is 0. The number of likely N-dealkylation sites (N-methyl/N-ethyl adjacent to an activating group) is 1. The second-order valence-corrected chi connectivity index (χ2v) is 4.13. The molecule has 1 rings (SSSR count). The predicted molar refractivity (Wildman–Crippen MR) is 59.1 cm³/mol. The third-order valence-corrected chi connectivity index (χ3v) is 2.97. The van der Waals surface area contributed by atoms with E-state index in [4.69, 9.17) is 15.7 Å². The smallest absolute Gasteiger partial charge is 0.156 e. The summed E-state index contributed by atoms with van der Waals surface area (Å²) in [6.07, 6.45) is 3.79. The molecular formula is C10H21N3O2. The number of oxime groups is 1. The molecule has 15 heavy (non-hydrogen) atoms. The average Bonchev–Trinajstić information content (AvgIpc) is 2.28. The van der Waals surface area contributed by atoms with E-state index in [2.05, 4.69) is 5.16 Å². The molecule has 0 aromatic heterocycles. The van der Waals surface area contributed by atoms with Crippen LogP contribution in [0.3, 0.4) is 0 Å². The first-order chi connectivity index (χ1) is 7.15. The van der Waals surface area contributed by atoms with Crippen molar-refractivity contribution in [3.05, 3.63) is 0 Å². The summed E-state index contributed by atoms with van der Waals surface area (Å²) < 4.78 is 5.63. The monoisotopic (exact) mass is 215 g/mol. The lowest BCUT2D eigenvalue weighted by molar-refractivity contribution is -0.00349. The Morgan fingerprint density at radius 1 is 1.67 bits per heavy atom. The van der Waals surface area contributed by atoms with E-state index in [-0.39, 0.29) is 18.0 Å². The maximum Gasteiger partial charge on any atom is 0.156 e. The minimum absolute atomic E-state index is 0.0551. The second kappa shape index (κ2) is 5.92. The van der Waals surface area contributed by atoms with Gasteiger partial charge in [-0.2, -0.15) is 0 Å². The van der Waals surface area contributed by atoms with Gasteiger partial charge in [-0.25, -0.2) is 0 Å². The first-order valence-electron chi connectivity index (χ1n) is 5.44. The van der Waals surface area contributed by atoms with Gasteiger partial charge in [-0.15, -0.1) is 0 Å². The average molecular weight is 215 g/mol. The minimum Gasteiger partial charge on any atom is -0.409 e. The Bertz CT molecular complexity index is 215. The molecule has 0 spiro atoms. The number of amidine groups is 1. The highest BCUT2D eigenvalue weighted by Gasteiger charge is 2.20. The van der Waals surface area contributed by atoms with Crippen molar-refractivity contribution < 1.29 is 9.94 Å².